The molecule has 0 aliphatic carbocycles. The molecule has 0 aliphatic rings. The zero-order chi connectivity index (χ0) is 15.1. The number of rotatable bonds is 7. The lowest BCUT2D eigenvalue weighted by Gasteiger charge is -2.30. The Kier molecular flexibility index (Phi) is 7.42. The molecule has 0 aromatic carbocycles. The Morgan fingerprint density at radius 3 is 2.21 bits per heavy atom. The molecule has 19 heavy (non-hydrogen) atoms. The van der Waals surface area contributed by atoms with Gasteiger partial charge in [0.05, 0.1) is 0 Å². The fourth-order valence-corrected chi connectivity index (χ4v) is 1.99. The van der Waals surface area contributed by atoms with Crippen molar-refractivity contribution >= 4 is 11.9 Å². The number of hydrogen-bond donors (Lipinski definition) is 2. The second kappa shape index (κ2) is 7.97. The highest BCUT2D eigenvalue weighted by atomic mass is 16.4. The van der Waals surface area contributed by atoms with Crippen molar-refractivity contribution in [3.63, 3.8) is 0 Å². The maximum Gasteiger partial charge on any atom is 0.303 e. The van der Waals surface area contributed by atoms with Gasteiger partial charge in [-0.2, -0.15) is 0 Å². The van der Waals surface area contributed by atoms with E-state index in [-0.39, 0.29) is 23.7 Å². The summed E-state index contributed by atoms with van der Waals surface area (Å²) in [5, 5.41) is 11.6. The van der Waals surface area contributed by atoms with E-state index in [1.807, 2.05) is 13.8 Å². The lowest BCUT2D eigenvalue weighted by Crippen LogP contribution is -2.29. The van der Waals surface area contributed by atoms with Crippen LogP contribution >= 0.6 is 0 Å². The van der Waals surface area contributed by atoms with Gasteiger partial charge in [-0.15, -0.1) is 0 Å². The maximum absolute atomic E-state index is 11.5. The summed E-state index contributed by atoms with van der Waals surface area (Å²) in [5.74, 6) is -0.552. The van der Waals surface area contributed by atoms with Gasteiger partial charge in [0, 0.05) is 19.0 Å². The van der Waals surface area contributed by atoms with E-state index in [9.17, 15) is 9.59 Å². The van der Waals surface area contributed by atoms with Crippen molar-refractivity contribution in [2.75, 3.05) is 6.54 Å². The molecule has 1 amide bonds. The Hall–Kier alpha value is -1.32. The Morgan fingerprint density at radius 2 is 1.79 bits per heavy atom. The number of nitrogens with one attached hydrogen (secondary N) is 1. The molecule has 110 valence electrons. The van der Waals surface area contributed by atoms with Crippen LogP contribution in [0, 0.1) is 11.3 Å². The Bertz CT molecular complexity index is 336. The Morgan fingerprint density at radius 1 is 1.21 bits per heavy atom. The molecule has 0 spiro atoms. The smallest absolute Gasteiger partial charge is 0.303 e. The zero-order valence-electron chi connectivity index (χ0n) is 12.7. The van der Waals surface area contributed by atoms with Gasteiger partial charge in [0.15, 0.2) is 0 Å². The first kappa shape index (κ1) is 17.7. The monoisotopic (exact) mass is 269 g/mol. The molecule has 4 heteroatoms. The normalized spacial score (nSPS) is 12.7. The molecule has 0 aliphatic heterocycles. The molecular weight excluding hydrogens is 242 g/mol. The van der Waals surface area contributed by atoms with Gasteiger partial charge in [-0.1, -0.05) is 26.3 Å². The van der Waals surface area contributed by atoms with Gasteiger partial charge in [-0.05, 0) is 38.0 Å². The van der Waals surface area contributed by atoms with E-state index in [1.54, 1.807) is 6.08 Å². The minimum atomic E-state index is -0.761. The van der Waals surface area contributed by atoms with Crippen molar-refractivity contribution in [1.82, 2.24) is 5.32 Å². The molecule has 0 bridgehead atoms. The van der Waals surface area contributed by atoms with Gasteiger partial charge >= 0.3 is 5.97 Å². The van der Waals surface area contributed by atoms with Crippen LogP contribution in [0.1, 0.15) is 53.9 Å². The van der Waals surface area contributed by atoms with Crippen LogP contribution in [0.25, 0.3) is 0 Å². The van der Waals surface area contributed by atoms with Crippen LogP contribution in [0.15, 0.2) is 11.6 Å². The molecule has 1 unspecified atom stereocenters. The summed E-state index contributed by atoms with van der Waals surface area (Å²) in [6, 6.07) is 0. The van der Waals surface area contributed by atoms with Gasteiger partial charge in [-0.25, -0.2) is 0 Å². The number of allylic oxidation sites excluding steroid dienone is 1. The van der Waals surface area contributed by atoms with E-state index in [2.05, 4.69) is 26.1 Å². The minimum absolute atomic E-state index is 0.0523. The Balaban J connectivity index is 4.24. The SMILES string of the molecule is CC(C)=CC(=O)NCCC(CCC(=O)O)C(C)(C)C. The molecule has 0 saturated heterocycles. The van der Waals surface area contributed by atoms with E-state index in [0.29, 0.717) is 13.0 Å². The van der Waals surface area contributed by atoms with Crippen LogP contribution < -0.4 is 5.32 Å². The number of amides is 1. The van der Waals surface area contributed by atoms with Crippen LogP contribution in [0.2, 0.25) is 0 Å². The first-order chi connectivity index (χ1) is 8.62. The third kappa shape index (κ3) is 9.28. The fourth-order valence-electron chi connectivity index (χ4n) is 1.99. The summed E-state index contributed by atoms with van der Waals surface area (Å²) < 4.78 is 0. The fraction of sp³-hybridized carbons (Fsp3) is 0.733. The molecule has 0 saturated carbocycles. The van der Waals surface area contributed by atoms with Crippen molar-refractivity contribution in [1.29, 1.82) is 0 Å². The highest BCUT2D eigenvalue weighted by Crippen LogP contribution is 2.32. The zero-order valence-corrected chi connectivity index (χ0v) is 12.7. The molecule has 4 nitrogen and oxygen atoms in total. The summed E-state index contributed by atoms with van der Waals surface area (Å²) in [7, 11) is 0. The quantitative estimate of drug-likeness (QED) is 0.698. The molecule has 0 radical (unpaired) electrons. The van der Waals surface area contributed by atoms with Gasteiger partial charge in [0.25, 0.3) is 0 Å². The largest absolute Gasteiger partial charge is 0.481 e. The molecule has 0 rings (SSSR count). The second-order valence-electron chi connectivity index (χ2n) is 6.30. The molecule has 0 heterocycles. The van der Waals surface area contributed by atoms with Crippen LogP contribution in [0.5, 0.6) is 0 Å². The lowest BCUT2D eigenvalue weighted by molar-refractivity contribution is -0.137. The van der Waals surface area contributed by atoms with Gasteiger partial charge in [0.2, 0.25) is 5.91 Å². The average Bonchev–Trinajstić information content (AvgIpc) is 2.19. The van der Waals surface area contributed by atoms with E-state index in [1.165, 1.54) is 0 Å². The second-order valence-corrected chi connectivity index (χ2v) is 6.30. The van der Waals surface area contributed by atoms with E-state index in [0.717, 1.165) is 12.0 Å². The van der Waals surface area contributed by atoms with Crippen LogP contribution in [0.4, 0.5) is 0 Å². The average molecular weight is 269 g/mol. The number of aliphatic carboxylic acids is 1. The van der Waals surface area contributed by atoms with Crippen molar-refractivity contribution in [3.05, 3.63) is 11.6 Å². The van der Waals surface area contributed by atoms with E-state index >= 15 is 0 Å². The van der Waals surface area contributed by atoms with Crippen molar-refractivity contribution < 1.29 is 14.7 Å². The highest BCUT2D eigenvalue weighted by Gasteiger charge is 2.24. The predicted octanol–water partition coefficient (Wildman–Crippen LogP) is 2.99. The molecule has 2 N–H and O–H groups in total. The predicted molar refractivity (Wildman–Crippen MR) is 76.9 cm³/mol. The number of carbonyl (C=O) groups excluding carboxylic acids is 1. The maximum atomic E-state index is 11.5. The van der Waals surface area contributed by atoms with Gasteiger partial charge in [0.1, 0.15) is 0 Å². The third-order valence-corrected chi connectivity index (χ3v) is 3.14. The van der Waals surface area contributed by atoms with Crippen LogP contribution in [-0.2, 0) is 9.59 Å². The van der Waals surface area contributed by atoms with Gasteiger partial charge in [-0.3, -0.25) is 9.59 Å². The molecule has 0 fully saturated rings. The molecular formula is C15H27NO3. The standard InChI is InChI=1S/C15H27NO3/c1-11(2)10-13(17)16-9-8-12(15(3,4)5)6-7-14(18)19/h10,12H,6-9H2,1-5H3,(H,16,17)(H,18,19). The van der Waals surface area contributed by atoms with Crippen LogP contribution in [-0.4, -0.2) is 23.5 Å². The first-order valence-corrected chi connectivity index (χ1v) is 6.77. The number of carboxylic acid groups (broad SMARTS) is 1. The third-order valence-electron chi connectivity index (χ3n) is 3.14. The van der Waals surface area contributed by atoms with E-state index < -0.39 is 5.97 Å². The van der Waals surface area contributed by atoms with Gasteiger partial charge < -0.3 is 10.4 Å². The summed E-state index contributed by atoms with van der Waals surface area (Å²) in [4.78, 5) is 22.1. The number of hydrogen-bond acceptors (Lipinski definition) is 2. The lowest BCUT2D eigenvalue weighted by atomic mass is 9.76. The summed E-state index contributed by atoms with van der Waals surface area (Å²) >= 11 is 0. The molecule has 1 atom stereocenters. The van der Waals surface area contributed by atoms with Crippen molar-refractivity contribution in [3.8, 4) is 0 Å². The number of carboxylic acids is 1. The highest BCUT2D eigenvalue weighted by molar-refractivity contribution is 5.87. The van der Waals surface area contributed by atoms with E-state index in [4.69, 9.17) is 5.11 Å². The summed E-state index contributed by atoms with van der Waals surface area (Å²) in [6.07, 6.45) is 3.21. The molecule has 0 aromatic rings. The minimum Gasteiger partial charge on any atom is -0.481 e. The summed E-state index contributed by atoms with van der Waals surface area (Å²) in [6.45, 7) is 10.7. The number of carbonyl (C=O) groups is 2. The summed E-state index contributed by atoms with van der Waals surface area (Å²) in [5.41, 5.74) is 1.02. The first-order valence-electron chi connectivity index (χ1n) is 6.77. The van der Waals surface area contributed by atoms with Crippen molar-refractivity contribution in [2.45, 2.75) is 53.9 Å². The van der Waals surface area contributed by atoms with Crippen molar-refractivity contribution in [2.24, 2.45) is 11.3 Å². The topological polar surface area (TPSA) is 66.4 Å². The molecule has 0 aromatic heterocycles. The van der Waals surface area contributed by atoms with Crippen LogP contribution in [0.3, 0.4) is 0 Å². The Labute approximate surface area is 116 Å².